The number of nitrogens with one attached hydrogen (secondary N) is 1. The van der Waals surface area contributed by atoms with Gasteiger partial charge >= 0.3 is 0 Å². The molecule has 2 nitrogen and oxygen atoms in total. The van der Waals surface area contributed by atoms with Gasteiger partial charge in [-0.05, 0) is 39.3 Å². The maximum Gasteiger partial charge on any atom is 0.00388 e. The molecule has 1 N–H and O–H groups in total. The second kappa shape index (κ2) is 7.24. The molecule has 1 unspecified atom stereocenters. The Bertz CT molecular complexity index is 132. The number of hydrogen-bond acceptors (Lipinski definition) is 2. The summed E-state index contributed by atoms with van der Waals surface area (Å²) in [5.74, 6) is 1.50. The zero-order valence-corrected chi connectivity index (χ0v) is 10.8. The van der Waals surface area contributed by atoms with Crippen LogP contribution in [-0.2, 0) is 0 Å². The van der Waals surface area contributed by atoms with Gasteiger partial charge in [0.1, 0.15) is 0 Å². The lowest BCUT2D eigenvalue weighted by molar-refractivity contribution is 0.171. The number of hydrogen-bond donors (Lipinski definition) is 1. The fraction of sp³-hybridized carbons (Fsp3) is 1.00. The van der Waals surface area contributed by atoms with Crippen molar-refractivity contribution >= 4 is 0 Å². The maximum atomic E-state index is 3.24. The van der Waals surface area contributed by atoms with E-state index in [0.29, 0.717) is 6.04 Å². The van der Waals surface area contributed by atoms with Crippen LogP contribution in [0.1, 0.15) is 34.6 Å². The van der Waals surface area contributed by atoms with Gasteiger partial charge in [0.05, 0.1) is 0 Å². The summed E-state index contributed by atoms with van der Waals surface area (Å²) < 4.78 is 0. The van der Waals surface area contributed by atoms with E-state index in [2.05, 4.69) is 44.8 Å². The Labute approximate surface area is 90.1 Å². The summed E-state index contributed by atoms with van der Waals surface area (Å²) in [5, 5.41) is 3.24. The molecule has 0 heterocycles. The topological polar surface area (TPSA) is 15.3 Å². The summed E-state index contributed by atoms with van der Waals surface area (Å²) >= 11 is 0. The van der Waals surface area contributed by atoms with Crippen molar-refractivity contribution in [3.05, 3.63) is 0 Å². The molecule has 0 aliphatic heterocycles. The van der Waals surface area contributed by atoms with Gasteiger partial charge < -0.3 is 10.2 Å². The lowest BCUT2D eigenvalue weighted by atomic mass is 10.1. The Morgan fingerprint density at radius 1 is 1.00 bits per heavy atom. The van der Waals surface area contributed by atoms with E-state index < -0.39 is 0 Å². The highest BCUT2D eigenvalue weighted by Crippen LogP contribution is 2.07. The molecule has 1 atom stereocenters. The molecule has 86 valence electrons. The zero-order valence-electron chi connectivity index (χ0n) is 10.8. The van der Waals surface area contributed by atoms with Crippen LogP contribution in [0.4, 0.5) is 0 Å². The summed E-state index contributed by atoms with van der Waals surface area (Å²) in [6, 6.07) is 0.664. The van der Waals surface area contributed by atoms with Gasteiger partial charge in [0, 0.05) is 19.1 Å². The van der Waals surface area contributed by atoms with Crippen molar-refractivity contribution in [1.82, 2.24) is 10.2 Å². The van der Waals surface area contributed by atoms with E-state index in [1.54, 1.807) is 0 Å². The fourth-order valence-electron chi connectivity index (χ4n) is 1.78. The minimum atomic E-state index is 0.664. The molecule has 0 fully saturated rings. The van der Waals surface area contributed by atoms with E-state index >= 15 is 0 Å². The predicted octanol–water partition coefficient (Wildman–Crippen LogP) is 2.21. The lowest BCUT2D eigenvalue weighted by Gasteiger charge is -2.30. The Balaban J connectivity index is 3.95. The monoisotopic (exact) mass is 200 g/mol. The first kappa shape index (κ1) is 13.9. The van der Waals surface area contributed by atoms with Crippen LogP contribution in [0.15, 0.2) is 0 Å². The average Bonchev–Trinajstić information content (AvgIpc) is 2.02. The highest BCUT2D eigenvalue weighted by molar-refractivity contribution is 4.68. The third kappa shape index (κ3) is 6.39. The summed E-state index contributed by atoms with van der Waals surface area (Å²) in [4.78, 5) is 2.58. The average molecular weight is 200 g/mol. The number of rotatable bonds is 7. The zero-order chi connectivity index (χ0) is 11.1. The summed E-state index contributed by atoms with van der Waals surface area (Å²) in [6.07, 6.45) is 0. The molecule has 0 aliphatic carbocycles. The molecule has 2 heteroatoms. The van der Waals surface area contributed by atoms with Gasteiger partial charge in [-0.15, -0.1) is 0 Å². The summed E-state index contributed by atoms with van der Waals surface area (Å²) in [7, 11) is 2.03. The van der Waals surface area contributed by atoms with Gasteiger partial charge in [0.2, 0.25) is 0 Å². The molecule has 0 aromatic heterocycles. The van der Waals surface area contributed by atoms with Crippen molar-refractivity contribution in [3.8, 4) is 0 Å². The smallest absolute Gasteiger partial charge is 0.00388 e. The minimum Gasteiger partial charge on any atom is -0.319 e. The van der Waals surface area contributed by atoms with Gasteiger partial charge in [-0.25, -0.2) is 0 Å². The normalized spacial score (nSPS) is 14.4. The SMILES string of the molecule is CNCC(C)CN(CC(C)C)C(C)C. The van der Waals surface area contributed by atoms with Crippen LogP contribution in [0.5, 0.6) is 0 Å². The summed E-state index contributed by atoms with van der Waals surface area (Å²) in [6.45, 7) is 15.0. The van der Waals surface area contributed by atoms with Crippen LogP contribution in [0.25, 0.3) is 0 Å². The van der Waals surface area contributed by atoms with E-state index in [1.807, 2.05) is 7.05 Å². The maximum absolute atomic E-state index is 3.24. The molecule has 0 aliphatic rings. The second-order valence-corrected chi connectivity index (χ2v) is 5.10. The first-order chi connectivity index (χ1) is 6.47. The van der Waals surface area contributed by atoms with Gasteiger partial charge in [-0.2, -0.15) is 0 Å². The van der Waals surface area contributed by atoms with Gasteiger partial charge in [0.25, 0.3) is 0 Å². The number of nitrogens with zero attached hydrogens (tertiary/aromatic N) is 1. The largest absolute Gasteiger partial charge is 0.319 e. The first-order valence-electron chi connectivity index (χ1n) is 5.86. The second-order valence-electron chi connectivity index (χ2n) is 5.10. The first-order valence-corrected chi connectivity index (χ1v) is 5.86. The van der Waals surface area contributed by atoms with Crippen molar-refractivity contribution in [2.75, 3.05) is 26.7 Å². The highest BCUT2D eigenvalue weighted by Gasteiger charge is 2.13. The Kier molecular flexibility index (Phi) is 7.20. The van der Waals surface area contributed by atoms with Crippen molar-refractivity contribution in [3.63, 3.8) is 0 Å². The molecule has 0 amide bonds. The van der Waals surface area contributed by atoms with Crippen molar-refractivity contribution in [2.45, 2.75) is 40.7 Å². The van der Waals surface area contributed by atoms with Crippen LogP contribution < -0.4 is 5.32 Å². The predicted molar refractivity (Wildman–Crippen MR) is 64.6 cm³/mol. The third-order valence-corrected chi connectivity index (χ3v) is 2.43. The van der Waals surface area contributed by atoms with Crippen LogP contribution in [0.2, 0.25) is 0 Å². The van der Waals surface area contributed by atoms with Crippen LogP contribution in [-0.4, -0.2) is 37.6 Å². The molecule has 0 radical (unpaired) electrons. The molecule has 0 saturated carbocycles. The van der Waals surface area contributed by atoms with Crippen LogP contribution in [0.3, 0.4) is 0 Å². The van der Waals surface area contributed by atoms with E-state index in [1.165, 1.54) is 13.1 Å². The molecule has 0 aromatic carbocycles. The Hall–Kier alpha value is -0.0800. The quantitative estimate of drug-likeness (QED) is 0.678. The van der Waals surface area contributed by atoms with E-state index in [0.717, 1.165) is 18.4 Å². The molecule has 0 saturated heterocycles. The van der Waals surface area contributed by atoms with Crippen molar-refractivity contribution in [1.29, 1.82) is 0 Å². The van der Waals surface area contributed by atoms with Gasteiger partial charge in [0.15, 0.2) is 0 Å². The van der Waals surface area contributed by atoms with Crippen LogP contribution in [0, 0.1) is 11.8 Å². The lowest BCUT2D eigenvalue weighted by Crippen LogP contribution is -2.39. The van der Waals surface area contributed by atoms with E-state index in [4.69, 9.17) is 0 Å². The van der Waals surface area contributed by atoms with E-state index in [-0.39, 0.29) is 0 Å². The third-order valence-electron chi connectivity index (χ3n) is 2.43. The highest BCUT2D eigenvalue weighted by atomic mass is 15.1. The van der Waals surface area contributed by atoms with Crippen molar-refractivity contribution < 1.29 is 0 Å². The molecule has 0 rings (SSSR count). The standard InChI is InChI=1S/C12H28N2/c1-10(2)8-14(11(3)4)9-12(5)7-13-6/h10-13H,7-9H2,1-6H3. The van der Waals surface area contributed by atoms with E-state index in [9.17, 15) is 0 Å². The van der Waals surface area contributed by atoms with Crippen LogP contribution >= 0.6 is 0 Å². The fourth-order valence-corrected chi connectivity index (χ4v) is 1.78. The molecule has 0 spiro atoms. The molecule has 0 aromatic rings. The molecular weight excluding hydrogens is 172 g/mol. The van der Waals surface area contributed by atoms with Crippen molar-refractivity contribution in [2.24, 2.45) is 11.8 Å². The Morgan fingerprint density at radius 3 is 1.93 bits per heavy atom. The molecule has 14 heavy (non-hydrogen) atoms. The summed E-state index contributed by atoms with van der Waals surface area (Å²) in [5.41, 5.74) is 0. The van der Waals surface area contributed by atoms with Gasteiger partial charge in [-0.3, -0.25) is 0 Å². The van der Waals surface area contributed by atoms with Gasteiger partial charge in [-0.1, -0.05) is 20.8 Å². The Morgan fingerprint density at radius 2 is 1.57 bits per heavy atom. The molecular formula is C12H28N2. The molecule has 0 bridgehead atoms. The minimum absolute atomic E-state index is 0.664.